The predicted molar refractivity (Wildman–Crippen MR) is 148 cm³/mol. The molecule has 1 N–H and O–H groups in total. The highest BCUT2D eigenvalue weighted by molar-refractivity contribution is 5.96. The van der Waals surface area contributed by atoms with Gasteiger partial charge in [0.2, 0.25) is 0 Å². The number of allylic oxidation sites excluding steroid dienone is 1. The third-order valence-electron chi connectivity index (χ3n) is 7.99. The number of ketones is 1. The fourth-order valence-corrected chi connectivity index (χ4v) is 6.00. The summed E-state index contributed by atoms with van der Waals surface area (Å²) in [6, 6.07) is 7.08. The molecular formula is C28H30F6N6O5. The molecule has 0 spiro atoms. The monoisotopic (exact) mass is 644 g/mol. The highest BCUT2D eigenvalue weighted by atomic mass is 19.4. The van der Waals surface area contributed by atoms with Gasteiger partial charge in [-0.05, 0) is 32.7 Å². The Labute approximate surface area is 252 Å². The number of hydroxylamine groups is 1. The van der Waals surface area contributed by atoms with E-state index in [1.54, 1.807) is 30.9 Å². The number of alkyl halides is 6. The number of aromatic nitrogens is 2. The van der Waals surface area contributed by atoms with Crippen LogP contribution in [0.15, 0.2) is 51.6 Å². The van der Waals surface area contributed by atoms with E-state index in [-0.39, 0.29) is 35.2 Å². The van der Waals surface area contributed by atoms with Crippen LogP contribution in [0.25, 0.3) is 0 Å². The number of halogens is 6. The third-order valence-corrected chi connectivity index (χ3v) is 7.99. The number of rotatable bonds is 8. The van der Waals surface area contributed by atoms with E-state index in [0.29, 0.717) is 34.7 Å². The van der Waals surface area contributed by atoms with Crippen molar-refractivity contribution < 1.29 is 40.8 Å². The van der Waals surface area contributed by atoms with Crippen molar-refractivity contribution in [1.82, 2.24) is 19.4 Å². The Morgan fingerprint density at radius 1 is 1.02 bits per heavy atom. The highest BCUT2D eigenvalue weighted by Gasteiger charge is 2.54. The maximum absolute atomic E-state index is 14.1. The number of likely N-dealkylation sites (tertiary alicyclic amines) is 1. The maximum Gasteiger partial charge on any atom is 0.493 e. The van der Waals surface area contributed by atoms with Crippen molar-refractivity contribution in [3.05, 3.63) is 68.4 Å². The molecule has 11 nitrogen and oxygen atoms in total. The maximum atomic E-state index is 14.1. The number of hydrogen-bond acceptors (Lipinski definition) is 9. The molecule has 3 unspecified atom stereocenters. The van der Waals surface area contributed by atoms with Gasteiger partial charge >= 0.3 is 24.0 Å². The number of Topliss-reactive ketones (excluding diaryl/α,β-unsaturated/α-hetero) is 1. The molecule has 17 heteroatoms. The van der Waals surface area contributed by atoms with Gasteiger partial charge in [-0.3, -0.25) is 23.6 Å². The number of carbonyl (C=O) groups is 2. The van der Waals surface area contributed by atoms with Gasteiger partial charge in [0.1, 0.15) is 6.54 Å². The zero-order valence-electron chi connectivity index (χ0n) is 24.2. The van der Waals surface area contributed by atoms with Crippen LogP contribution < -0.4 is 26.5 Å². The molecule has 244 valence electrons. The molecule has 45 heavy (non-hydrogen) atoms. The van der Waals surface area contributed by atoms with Crippen molar-refractivity contribution in [3.63, 3.8) is 0 Å². The molecule has 3 aliphatic heterocycles. The molecule has 1 aromatic heterocycles. The van der Waals surface area contributed by atoms with Crippen molar-refractivity contribution in [1.29, 1.82) is 0 Å². The van der Waals surface area contributed by atoms with Crippen molar-refractivity contribution >= 4 is 23.3 Å². The van der Waals surface area contributed by atoms with Crippen LogP contribution in [0, 0.1) is 5.92 Å². The van der Waals surface area contributed by atoms with E-state index in [1.165, 1.54) is 29.2 Å². The van der Waals surface area contributed by atoms with Crippen LogP contribution in [0.3, 0.4) is 0 Å². The first-order valence-electron chi connectivity index (χ1n) is 14.1. The van der Waals surface area contributed by atoms with Crippen LogP contribution in [0.1, 0.15) is 30.6 Å². The minimum absolute atomic E-state index is 0.0247. The summed E-state index contributed by atoms with van der Waals surface area (Å²) < 4.78 is 83.0. The average molecular weight is 645 g/mol. The molecule has 2 aromatic rings. The highest BCUT2D eigenvalue weighted by Crippen LogP contribution is 2.43. The van der Waals surface area contributed by atoms with Gasteiger partial charge in [0.15, 0.2) is 23.6 Å². The number of fused-ring (bicyclic) bond motifs is 2. The molecule has 5 rings (SSSR count). The Morgan fingerprint density at radius 2 is 1.71 bits per heavy atom. The van der Waals surface area contributed by atoms with E-state index in [4.69, 9.17) is 4.84 Å². The van der Waals surface area contributed by atoms with Gasteiger partial charge in [-0.25, -0.2) is 9.59 Å². The second-order valence-electron chi connectivity index (χ2n) is 11.3. The van der Waals surface area contributed by atoms with Gasteiger partial charge in [0.05, 0.1) is 6.54 Å². The second-order valence-corrected chi connectivity index (χ2v) is 11.3. The van der Waals surface area contributed by atoms with Crippen LogP contribution >= 0.6 is 0 Å². The lowest BCUT2D eigenvalue weighted by Gasteiger charge is -2.39. The first-order valence-corrected chi connectivity index (χ1v) is 14.1. The smallest absolute Gasteiger partial charge is 0.327 e. The van der Waals surface area contributed by atoms with Gasteiger partial charge in [0, 0.05) is 31.2 Å². The molecule has 2 fully saturated rings. The van der Waals surface area contributed by atoms with Gasteiger partial charge in [-0.1, -0.05) is 42.0 Å². The normalized spacial score (nSPS) is 21.6. The van der Waals surface area contributed by atoms with Crippen LogP contribution in [0.2, 0.25) is 0 Å². The van der Waals surface area contributed by atoms with E-state index in [9.17, 15) is 45.5 Å². The molecule has 1 aromatic carbocycles. The quantitative estimate of drug-likeness (QED) is 0.264. The molecular weight excluding hydrogens is 614 g/mol. The summed E-state index contributed by atoms with van der Waals surface area (Å²) in [6.07, 6.45) is -10.0. The first-order chi connectivity index (χ1) is 21.1. The third kappa shape index (κ3) is 6.36. The number of nitrogens with one attached hydrogen (secondary N) is 1. The van der Waals surface area contributed by atoms with E-state index < -0.39 is 66.2 Å². The Kier molecular flexibility index (Phi) is 8.61. The van der Waals surface area contributed by atoms with E-state index in [1.807, 2.05) is 0 Å². The number of carbonyl (C=O) groups excluding carboxylic acids is 2. The molecule has 0 aliphatic carbocycles. The van der Waals surface area contributed by atoms with Crippen LogP contribution in [0.5, 0.6) is 0 Å². The molecule has 0 amide bonds. The van der Waals surface area contributed by atoms with Crippen molar-refractivity contribution in [3.8, 4) is 0 Å². The largest absolute Gasteiger partial charge is 0.493 e. The van der Waals surface area contributed by atoms with Crippen LogP contribution in [0.4, 0.5) is 37.8 Å². The molecule has 2 saturated heterocycles. The Balaban J connectivity index is 1.77. The second kappa shape index (κ2) is 12.0. The summed E-state index contributed by atoms with van der Waals surface area (Å²) >= 11 is 0. The minimum atomic E-state index is -5.56. The van der Waals surface area contributed by atoms with E-state index in [0.717, 1.165) is 0 Å². The Bertz CT molecular complexity index is 1610. The van der Waals surface area contributed by atoms with Crippen molar-refractivity contribution in [2.75, 3.05) is 36.1 Å². The van der Waals surface area contributed by atoms with Crippen LogP contribution in [-0.4, -0.2) is 76.6 Å². The summed E-state index contributed by atoms with van der Waals surface area (Å²) in [7, 11) is 0. The first kappa shape index (κ1) is 32.3. The van der Waals surface area contributed by atoms with Crippen LogP contribution in [-0.2, 0) is 22.7 Å². The molecule has 0 saturated carbocycles. The standard InChI is InChI=1S/C28H30F6N6O5/c1-16(2)8-10-37-21-22(40(45-24(43)28(32,33)34)25(37)36-11-9-18-12-35-13-19(18)36)39(15-27(29,30)31)26(44)38(23(21)42)14-20(41)17-6-4-3-5-7-17/h3-8,18-19,25,35H,9-15H2,1-2H3. The molecule has 0 bridgehead atoms. The van der Waals surface area contributed by atoms with Gasteiger partial charge in [-0.15, -0.1) is 5.06 Å². The number of benzene rings is 1. The van der Waals surface area contributed by atoms with Gasteiger partial charge < -0.3 is 15.1 Å². The SMILES string of the molecule is CC(C)=CCN1c2c(n(CC(F)(F)F)c(=O)n(CC(=O)c3ccccc3)c2=O)N(OC(=O)C(F)(F)F)C1N1CCC2CNCC21. The van der Waals surface area contributed by atoms with Crippen molar-refractivity contribution in [2.45, 2.75) is 58.0 Å². The Hall–Kier alpha value is -4.12. The average Bonchev–Trinajstić information content (AvgIpc) is 3.65. The van der Waals surface area contributed by atoms with Crippen molar-refractivity contribution in [2.24, 2.45) is 5.92 Å². The number of nitrogens with zero attached hydrogens (tertiary/aromatic N) is 5. The topological polar surface area (TPSA) is 109 Å². The fourth-order valence-electron chi connectivity index (χ4n) is 6.00. The summed E-state index contributed by atoms with van der Waals surface area (Å²) in [5.74, 6) is -4.46. The molecule has 3 aliphatic rings. The predicted octanol–water partition coefficient (Wildman–Crippen LogP) is 2.65. The van der Waals surface area contributed by atoms with Gasteiger partial charge in [0.25, 0.3) is 5.56 Å². The molecule has 3 atom stereocenters. The zero-order valence-corrected chi connectivity index (χ0v) is 24.2. The number of anilines is 2. The summed E-state index contributed by atoms with van der Waals surface area (Å²) in [5.41, 5.74) is -2.69. The lowest BCUT2D eigenvalue weighted by atomic mass is 10.1. The van der Waals surface area contributed by atoms with E-state index >= 15 is 0 Å². The van der Waals surface area contributed by atoms with E-state index in [2.05, 4.69) is 5.32 Å². The minimum Gasteiger partial charge on any atom is -0.327 e. The zero-order chi connectivity index (χ0) is 32.8. The fraction of sp³-hybridized carbons (Fsp3) is 0.500. The number of hydrogen-bond donors (Lipinski definition) is 1. The molecule has 4 heterocycles. The Morgan fingerprint density at radius 3 is 2.33 bits per heavy atom. The summed E-state index contributed by atoms with van der Waals surface area (Å²) in [6.45, 7) is 1.37. The summed E-state index contributed by atoms with van der Waals surface area (Å²) in [4.78, 5) is 60.6. The lowest BCUT2D eigenvalue weighted by molar-refractivity contribution is -0.203. The van der Waals surface area contributed by atoms with Gasteiger partial charge in [-0.2, -0.15) is 26.3 Å². The summed E-state index contributed by atoms with van der Waals surface area (Å²) in [5, 5.41) is 3.46. The molecule has 0 radical (unpaired) electrons. The lowest BCUT2D eigenvalue weighted by Crippen LogP contribution is -2.59.